The third-order valence-electron chi connectivity index (χ3n) is 4.70. The van der Waals surface area contributed by atoms with E-state index < -0.39 is 0 Å². The van der Waals surface area contributed by atoms with E-state index in [9.17, 15) is 0 Å². The predicted octanol–water partition coefficient (Wildman–Crippen LogP) is 4.42. The molecule has 1 aliphatic heterocycles. The lowest BCUT2D eigenvalue weighted by atomic mass is 10.2. The Kier molecular flexibility index (Phi) is 10.4. The summed E-state index contributed by atoms with van der Waals surface area (Å²) in [5.41, 5.74) is 1.91. The highest BCUT2D eigenvalue weighted by molar-refractivity contribution is 6.35. The zero-order valence-electron chi connectivity index (χ0n) is 16.5. The molecule has 0 unspecified atom stereocenters. The fraction of sp³-hybridized carbons (Fsp3) is 0.429. The van der Waals surface area contributed by atoms with Crippen LogP contribution in [0.25, 0.3) is 0 Å². The maximum Gasteiger partial charge on any atom is 0.161 e. The highest BCUT2D eigenvalue weighted by Gasteiger charge is 2.11. The van der Waals surface area contributed by atoms with E-state index in [0.29, 0.717) is 21.5 Å². The summed E-state index contributed by atoms with van der Waals surface area (Å²) in [5.74, 6) is 1.35. The molecule has 0 radical (unpaired) electrons. The summed E-state index contributed by atoms with van der Waals surface area (Å²) in [5, 5.41) is 4.66. The van der Waals surface area contributed by atoms with Crippen molar-refractivity contribution in [3.8, 4) is 11.5 Å². The molecule has 8 heteroatoms. The van der Waals surface area contributed by atoms with Gasteiger partial charge in [0.1, 0.15) is 6.61 Å². The van der Waals surface area contributed by atoms with Gasteiger partial charge in [-0.3, -0.25) is 4.90 Å². The van der Waals surface area contributed by atoms with Crippen LogP contribution in [0.4, 0.5) is 0 Å². The molecule has 2 aromatic carbocycles. The number of hydrogen-bond acceptors (Lipinski definition) is 5. The van der Waals surface area contributed by atoms with Gasteiger partial charge in [0.25, 0.3) is 0 Å². The van der Waals surface area contributed by atoms with Gasteiger partial charge in [0, 0.05) is 48.3 Å². The Bertz CT molecular complexity index is 751. The SMILES string of the molecule is COc1cc(CNCCN2CCOCC2)ccc1OCc1c(Cl)cccc1Cl.Cl. The first kappa shape index (κ1) is 24.1. The van der Waals surface area contributed by atoms with Crippen LogP contribution in [-0.2, 0) is 17.9 Å². The lowest BCUT2D eigenvalue weighted by Crippen LogP contribution is -2.40. The van der Waals surface area contributed by atoms with Gasteiger partial charge in [-0.1, -0.05) is 35.3 Å². The van der Waals surface area contributed by atoms with Gasteiger partial charge in [-0.05, 0) is 29.8 Å². The molecule has 1 saturated heterocycles. The number of methoxy groups -OCH3 is 1. The molecule has 1 fully saturated rings. The lowest BCUT2D eigenvalue weighted by Gasteiger charge is -2.26. The Morgan fingerprint density at radius 2 is 1.79 bits per heavy atom. The van der Waals surface area contributed by atoms with Crippen LogP contribution < -0.4 is 14.8 Å². The third-order valence-corrected chi connectivity index (χ3v) is 5.41. The normalized spacial score (nSPS) is 14.3. The standard InChI is InChI=1S/C21H26Cl2N2O3.ClH/c1-26-21-13-16(14-24-7-8-25-9-11-27-12-10-25)5-6-20(21)28-15-17-18(22)3-2-4-19(17)23;/h2-6,13,24H,7-12,14-15H2,1H3;1H. The van der Waals surface area contributed by atoms with Crippen molar-refractivity contribution in [1.82, 2.24) is 10.2 Å². The summed E-state index contributed by atoms with van der Waals surface area (Å²) in [6.07, 6.45) is 0. The Morgan fingerprint density at radius 3 is 2.48 bits per heavy atom. The van der Waals surface area contributed by atoms with E-state index in [0.717, 1.165) is 57.1 Å². The minimum Gasteiger partial charge on any atom is -0.493 e. The van der Waals surface area contributed by atoms with Crippen molar-refractivity contribution < 1.29 is 14.2 Å². The summed E-state index contributed by atoms with van der Waals surface area (Å²) in [4.78, 5) is 2.41. The van der Waals surface area contributed by atoms with Crippen molar-refractivity contribution in [3.05, 3.63) is 57.6 Å². The molecule has 3 rings (SSSR count). The topological polar surface area (TPSA) is 43.0 Å². The molecule has 0 bridgehead atoms. The predicted molar refractivity (Wildman–Crippen MR) is 120 cm³/mol. The molecule has 0 aromatic heterocycles. The van der Waals surface area contributed by atoms with Gasteiger partial charge in [0.15, 0.2) is 11.5 Å². The molecule has 1 heterocycles. The number of rotatable bonds is 9. The number of ether oxygens (including phenoxy) is 3. The molecule has 0 saturated carbocycles. The van der Waals surface area contributed by atoms with E-state index >= 15 is 0 Å². The van der Waals surface area contributed by atoms with Gasteiger partial charge in [0.2, 0.25) is 0 Å². The van der Waals surface area contributed by atoms with E-state index in [-0.39, 0.29) is 19.0 Å². The van der Waals surface area contributed by atoms with Crippen molar-refractivity contribution in [3.63, 3.8) is 0 Å². The van der Waals surface area contributed by atoms with Crippen LogP contribution in [0.3, 0.4) is 0 Å². The highest BCUT2D eigenvalue weighted by Crippen LogP contribution is 2.31. The lowest BCUT2D eigenvalue weighted by molar-refractivity contribution is 0.0384. The van der Waals surface area contributed by atoms with E-state index in [2.05, 4.69) is 10.2 Å². The molecule has 0 amide bonds. The van der Waals surface area contributed by atoms with E-state index in [1.807, 2.05) is 24.3 Å². The van der Waals surface area contributed by atoms with Crippen LogP contribution in [0.5, 0.6) is 11.5 Å². The fourth-order valence-electron chi connectivity index (χ4n) is 3.06. The average molecular weight is 462 g/mol. The fourth-order valence-corrected chi connectivity index (χ4v) is 3.56. The highest BCUT2D eigenvalue weighted by atomic mass is 35.5. The molecule has 29 heavy (non-hydrogen) atoms. The van der Waals surface area contributed by atoms with Gasteiger partial charge in [-0.25, -0.2) is 0 Å². The summed E-state index contributed by atoms with van der Waals surface area (Å²) in [7, 11) is 1.64. The van der Waals surface area contributed by atoms with Crippen molar-refractivity contribution in [2.75, 3.05) is 46.5 Å². The molecule has 5 nitrogen and oxygen atoms in total. The van der Waals surface area contributed by atoms with Crippen LogP contribution in [0.15, 0.2) is 36.4 Å². The number of halogens is 3. The van der Waals surface area contributed by atoms with Crippen LogP contribution in [-0.4, -0.2) is 51.4 Å². The molecule has 0 aliphatic carbocycles. The number of hydrogen-bond donors (Lipinski definition) is 1. The second-order valence-corrected chi connectivity index (χ2v) is 7.42. The number of benzene rings is 2. The number of nitrogens with zero attached hydrogens (tertiary/aromatic N) is 1. The molecular weight excluding hydrogens is 435 g/mol. The van der Waals surface area contributed by atoms with Gasteiger partial charge in [-0.15, -0.1) is 12.4 Å². The summed E-state index contributed by atoms with van der Waals surface area (Å²) in [6.45, 7) is 6.71. The monoisotopic (exact) mass is 460 g/mol. The maximum absolute atomic E-state index is 6.21. The molecule has 2 aromatic rings. The van der Waals surface area contributed by atoms with Gasteiger partial charge in [0.05, 0.1) is 20.3 Å². The van der Waals surface area contributed by atoms with Crippen LogP contribution in [0, 0.1) is 0 Å². The van der Waals surface area contributed by atoms with Crippen molar-refractivity contribution in [2.45, 2.75) is 13.2 Å². The minimum atomic E-state index is 0. The molecule has 1 N–H and O–H groups in total. The quantitative estimate of drug-likeness (QED) is 0.560. The Hall–Kier alpha value is -1.21. The zero-order valence-corrected chi connectivity index (χ0v) is 18.8. The molecule has 1 aliphatic rings. The molecule has 0 spiro atoms. The summed E-state index contributed by atoms with van der Waals surface area (Å²) >= 11 is 12.4. The van der Waals surface area contributed by atoms with E-state index in [1.54, 1.807) is 19.2 Å². The smallest absolute Gasteiger partial charge is 0.161 e. The zero-order chi connectivity index (χ0) is 19.8. The van der Waals surface area contributed by atoms with E-state index in [1.165, 1.54) is 0 Å². The van der Waals surface area contributed by atoms with Crippen molar-refractivity contribution >= 4 is 35.6 Å². The van der Waals surface area contributed by atoms with Crippen LogP contribution >= 0.6 is 35.6 Å². The largest absolute Gasteiger partial charge is 0.493 e. The summed E-state index contributed by atoms with van der Waals surface area (Å²) in [6, 6.07) is 11.4. The summed E-state index contributed by atoms with van der Waals surface area (Å²) < 4.78 is 16.8. The van der Waals surface area contributed by atoms with Gasteiger partial charge < -0.3 is 19.5 Å². The number of nitrogens with one attached hydrogen (secondary N) is 1. The minimum absolute atomic E-state index is 0. The second-order valence-electron chi connectivity index (χ2n) is 6.60. The first-order chi connectivity index (χ1) is 13.7. The van der Waals surface area contributed by atoms with Crippen LogP contribution in [0.2, 0.25) is 10.0 Å². The maximum atomic E-state index is 6.21. The Balaban J connectivity index is 0.00000300. The van der Waals surface area contributed by atoms with Crippen molar-refractivity contribution in [1.29, 1.82) is 0 Å². The Morgan fingerprint density at radius 1 is 1.07 bits per heavy atom. The second kappa shape index (κ2) is 12.5. The molecular formula is C21H27Cl3N2O3. The third kappa shape index (κ3) is 7.21. The van der Waals surface area contributed by atoms with Crippen LogP contribution in [0.1, 0.15) is 11.1 Å². The van der Waals surface area contributed by atoms with Crippen molar-refractivity contribution in [2.24, 2.45) is 0 Å². The number of morpholine rings is 1. The first-order valence-corrected chi connectivity index (χ1v) is 10.2. The molecule has 0 atom stereocenters. The first-order valence-electron chi connectivity index (χ1n) is 9.41. The van der Waals surface area contributed by atoms with Gasteiger partial charge >= 0.3 is 0 Å². The van der Waals surface area contributed by atoms with E-state index in [4.69, 9.17) is 37.4 Å². The molecule has 160 valence electrons. The van der Waals surface area contributed by atoms with Gasteiger partial charge in [-0.2, -0.15) is 0 Å². The Labute approximate surface area is 188 Å². The average Bonchev–Trinajstić information content (AvgIpc) is 2.72.